The second kappa shape index (κ2) is 6.21. The van der Waals surface area contributed by atoms with Crippen LogP contribution in [0.1, 0.15) is 57.8 Å². The molecule has 3 rings (SSSR count). The normalized spacial score (nSPS) is 41.1. The summed E-state index contributed by atoms with van der Waals surface area (Å²) < 4.78 is 0. The largest absolute Gasteiger partial charge is 0.314 e. The van der Waals surface area contributed by atoms with E-state index < -0.39 is 0 Å². The highest BCUT2D eigenvalue weighted by Gasteiger charge is 2.34. The zero-order valence-electron chi connectivity index (χ0n) is 11.5. The molecule has 2 heteroatoms. The quantitative estimate of drug-likeness (QED) is 0.750. The fourth-order valence-electron chi connectivity index (χ4n) is 4.17. The second-order valence-corrected chi connectivity index (χ2v) is 6.41. The van der Waals surface area contributed by atoms with Gasteiger partial charge in [0.2, 0.25) is 0 Å². The summed E-state index contributed by atoms with van der Waals surface area (Å²) in [4.78, 5) is 0. The number of allylic oxidation sites excluding steroid dienone is 1. The van der Waals surface area contributed by atoms with Gasteiger partial charge < -0.3 is 10.6 Å². The number of piperidine rings is 1. The van der Waals surface area contributed by atoms with Crippen LogP contribution in [0.2, 0.25) is 0 Å². The molecule has 0 radical (unpaired) electrons. The molecule has 102 valence electrons. The smallest absolute Gasteiger partial charge is 0.0113 e. The number of hydrogen-bond donors (Lipinski definition) is 2. The van der Waals surface area contributed by atoms with Crippen molar-refractivity contribution in [3.8, 4) is 0 Å². The summed E-state index contributed by atoms with van der Waals surface area (Å²) >= 11 is 0. The second-order valence-electron chi connectivity index (χ2n) is 6.41. The maximum atomic E-state index is 3.97. The van der Waals surface area contributed by atoms with E-state index in [2.05, 4.69) is 22.8 Å². The first kappa shape index (κ1) is 12.7. The summed E-state index contributed by atoms with van der Waals surface area (Å²) in [5, 5.41) is 7.75. The van der Waals surface area contributed by atoms with Crippen LogP contribution in [0.3, 0.4) is 0 Å². The third-order valence-electron chi connectivity index (χ3n) is 5.15. The van der Waals surface area contributed by atoms with Crippen molar-refractivity contribution in [2.75, 3.05) is 6.54 Å². The van der Waals surface area contributed by atoms with Crippen molar-refractivity contribution in [1.29, 1.82) is 0 Å². The lowest BCUT2D eigenvalue weighted by Gasteiger charge is -2.35. The Morgan fingerprint density at radius 3 is 2.72 bits per heavy atom. The van der Waals surface area contributed by atoms with Crippen LogP contribution < -0.4 is 10.6 Å². The van der Waals surface area contributed by atoms with Gasteiger partial charge in [0.25, 0.3) is 0 Å². The summed E-state index contributed by atoms with van der Waals surface area (Å²) in [7, 11) is 0. The molecule has 2 N–H and O–H groups in total. The molecule has 0 amide bonds. The average molecular weight is 248 g/mol. The van der Waals surface area contributed by atoms with Gasteiger partial charge in [0.15, 0.2) is 0 Å². The van der Waals surface area contributed by atoms with Crippen molar-refractivity contribution in [3.05, 3.63) is 12.2 Å². The predicted molar refractivity (Wildman–Crippen MR) is 76.7 cm³/mol. The van der Waals surface area contributed by atoms with Crippen LogP contribution in [0.25, 0.3) is 0 Å². The van der Waals surface area contributed by atoms with E-state index in [0.29, 0.717) is 0 Å². The van der Waals surface area contributed by atoms with Gasteiger partial charge in [-0.2, -0.15) is 0 Å². The number of hydrogen-bond acceptors (Lipinski definition) is 2. The topological polar surface area (TPSA) is 24.1 Å². The van der Waals surface area contributed by atoms with Crippen LogP contribution in [-0.2, 0) is 0 Å². The molecule has 1 heterocycles. The maximum Gasteiger partial charge on any atom is 0.0113 e. The van der Waals surface area contributed by atoms with Gasteiger partial charge in [0.05, 0.1) is 0 Å². The molecule has 3 aliphatic rings. The summed E-state index contributed by atoms with van der Waals surface area (Å²) in [5.41, 5.74) is 0. The van der Waals surface area contributed by atoms with E-state index in [9.17, 15) is 0 Å². The number of rotatable bonds is 3. The van der Waals surface area contributed by atoms with Crippen LogP contribution in [0, 0.1) is 5.92 Å². The highest BCUT2D eigenvalue weighted by molar-refractivity contribution is 4.98. The van der Waals surface area contributed by atoms with Crippen molar-refractivity contribution < 1.29 is 0 Å². The van der Waals surface area contributed by atoms with Gasteiger partial charge in [0, 0.05) is 18.1 Å². The van der Waals surface area contributed by atoms with Crippen LogP contribution >= 0.6 is 0 Å². The van der Waals surface area contributed by atoms with Gasteiger partial charge in [-0.05, 0) is 57.4 Å². The highest BCUT2D eigenvalue weighted by Crippen LogP contribution is 2.32. The zero-order chi connectivity index (χ0) is 12.2. The SMILES string of the molecule is C1=CCC(NC2CCCC2C2CCCCN2)CC1. The molecule has 4 atom stereocenters. The Balaban J connectivity index is 1.54. The van der Waals surface area contributed by atoms with Crippen molar-refractivity contribution in [2.45, 2.75) is 75.9 Å². The monoisotopic (exact) mass is 248 g/mol. The molecule has 0 aromatic heterocycles. The van der Waals surface area contributed by atoms with E-state index in [1.54, 1.807) is 0 Å². The van der Waals surface area contributed by atoms with E-state index >= 15 is 0 Å². The van der Waals surface area contributed by atoms with Gasteiger partial charge in [-0.15, -0.1) is 0 Å². The predicted octanol–water partition coefficient (Wildman–Crippen LogP) is 3.00. The minimum absolute atomic E-state index is 0.754. The molecule has 0 bridgehead atoms. The van der Waals surface area contributed by atoms with Crippen molar-refractivity contribution >= 4 is 0 Å². The Morgan fingerprint density at radius 1 is 0.944 bits per heavy atom. The van der Waals surface area contributed by atoms with Crippen LogP contribution in [0.4, 0.5) is 0 Å². The molecule has 18 heavy (non-hydrogen) atoms. The van der Waals surface area contributed by atoms with E-state index in [-0.39, 0.29) is 0 Å². The van der Waals surface area contributed by atoms with E-state index in [4.69, 9.17) is 0 Å². The first-order chi connectivity index (χ1) is 8.93. The first-order valence-electron chi connectivity index (χ1n) is 8.08. The Hall–Kier alpha value is -0.340. The maximum absolute atomic E-state index is 3.97. The summed E-state index contributed by atoms with van der Waals surface area (Å²) in [6.45, 7) is 1.25. The molecule has 0 aromatic carbocycles. The van der Waals surface area contributed by atoms with Crippen LogP contribution in [-0.4, -0.2) is 24.7 Å². The van der Waals surface area contributed by atoms with Crippen molar-refractivity contribution in [3.63, 3.8) is 0 Å². The van der Waals surface area contributed by atoms with Crippen molar-refractivity contribution in [1.82, 2.24) is 10.6 Å². The molecule has 1 saturated carbocycles. The lowest BCUT2D eigenvalue weighted by atomic mass is 9.87. The average Bonchev–Trinajstić information content (AvgIpc) is 2.89. The van der Waals surface area contributed by atoms with Gasteiger partial charge in [-0.3, -0.25) is 0 Å². The van der Waals surface area contributed by atoms with Gasteiger partial charge in [-0.25, -0.2) is 0 Å². The van der Waals surface area contributed by atoms with Gasteiger partial charge >= 0.3 is 0 Å². The molecular formula is C16H28N2. The minimum atomic E-state index is 0.754. The summed E-state index contributed by atoms with van der Waals surface area (Å²) in [5.74, 6) is 0.899. The molecule has 2 nitrogen and oxygen atoms in total. The Bertz CT molecular complexity index is 281. The lowest BCUT2D eigenvalue weighted by molar-refractivity contribution is 0.242. The highest BCUT2D eigenvalue weighted by atomic mass is 15.0. The van der Waals surface area contributed by atoms with E-state index in [1.807, 2.05) is 0 Å². The third-order valence-corrected chi connectivity index (χ3v) is 5.15. The molecular weight excluding hydrogens is 220 g/mol. The van der Waals surface area contributed by atoms with E-state index in [1.165, 1.54) is 64.3 Å². The Kier molecular flexibility index (Phi) is 4.37. The summed E-state index contributed by atoms with van der Waals surface area (Å²) in [6.07, 6.45) is 17.1. The third kappa shape index (κ3) is 2.97. The number of nitrogens with one attached hydrogen (secondary N) is 2. The molecule has 0 spiro atoms. The fraction of sp³-hybridized carbons (Fsp3) is 0.875. The fourth-order valence-corrected chi connectivity index (χ4v) is 4.17. The molecule has 0 aromatic rings. The molecule has 4 unspecified atom stereocenters. The lowest BCUT2D eigenvalue weighted by Crippen LogP contribution is -2.49. The zero-order valence-corrected chi connectivity index (χ0v) is 11.5. The summed E-state index contributed by atoms with van der Waals surface area (Å²) in [6, 6.07) is 2.35. The van der Waals surface area contributed by atoms with Gasteiger partial charge in [0.1, 0.15) is 0 Å². The minimum Gasteiger partial charge on any atom is -0.314 e. The Morgan fingerprint density at radius 2 is 1.94 bits per heavy atom. The van der Waals surface area contributed by atoms with Gasteiger partial charge in [-0.1, -0.05) is 25.0 Å². The standard InChI is InChI=1S/C16H28N2/c1-2-7-13(8-3-1)18-16-11-6-9-14(16)15-10-4-5-12-17-15/h1-2,13-18H,3-12H2. The first-order valence-corrected chi connectivity index (χ1v) is 8.08. The molecule has 1 aliphatic heterocycles. The molecule has 2 aliphatic carbocycles. The van der Waals surface area contributed by atoms with E-state index in [0.717, 1.165) is 24.0 Å². The van der Waals surface area contributed by atoms with Crippen LogP contribution in [0.5, 0.6) is 0 Å². The van der Waals surface area contributed by atoms with Crippen LogP contribution in [0.15, 0.2) is 12.2 Å². The molecule has 2 fully saturated rings. The molecule has 1 saturated heterocycles. The Labute approximate surface area is 112 Å². The van der Waals surface area contributed by atoms with Crippen molar-refractivity contribution in [2.24, 2.45) is 5.92 Å².